The van der Waals surface area contributed by atoms with Gasteiger partial charge in [-0.2, -0.15) is 0 Å². The molecule has 0 aromatic heterocycles. The number of alkyl halides is 1. The second-order valence-corrected chi connectivity index (χ2v) is 6.05. The number of hydrogen-bond acceptors (Lipinski definition) is 3. The van der Waals surface area contributed by atoms with Crippen LogP contribution in [0.15, 0.2) is 0 Å². The first kappa shape index (κ1) is 18.3. The van der Waals surface area contributed by atoms with Gasteiger partial charge in [0, 0.05) is 25.4 Å². The highest BCUT2D eigenvalue weighted by Gasteiger charge is 2.27. The van der Waals surface area contributed by atoms with Crippen LogP contribution in [-0.4, -0.2) is 42.4 Å². The van der Waals surface area contributed by atoms with Crippen LogP contribution in [0.1, 0.15) is 58.3 Å². The zero-order chi connectivity index (χ0) is 15.5. The molecule has 1 rings (SSSR count). The lowest BCUT2D eigenvalue weighted by atomic mass is 9.97. The van der Waals surface area contributed by atoms with Crippen molar-refractivity contribution in [2.45, 2.75) is 58.3 Å². The number of carbonyl (C=O) groups is 2. The van der Waals surface area contributed by atoms with Crippen molar-refractivity contribution < 1.29 is 14.3 Å². The van der Waals surface area contributed by atoms with Gasteiger partial charge >= 0.3 is 5.97 Å². The lowest BCUT2D eigenvalue weighted by Gasteiger charge is -2.30. The van der Waals surface area contributed by atoms with E-state index in [2.05, 4.69) is 6.92 Å². The fourth-order valence-electron chi connectivity index (χ4n) is 2.60. The van der Waals surface area contributed by atoms with Gasteiger partial charge in [0.05, 0.1) is 12.5 Å². The van der Waals surface area contributed by atoms with Crippen molar-refractivity contribution in [1.29, 1.82) is 0 Å². The monoisotopic (exact) mass is 317 g/mol. The summed E-state index contributed by atoms with van der Waals surface area (Å²) in [5, 5.41) is 0. The summed E-state index contributed by atoms with van der Waals surface area (Å²) in [6, 6.07) is 0. The molecular weight excluding hydrogens is 290 g/mol. The molecular formula is C16H28ClNO3. The molecule has 5 heteroatoms. The van der Waals surface area contributed by atoms with E-state index in [1.165, 1.54) is 19.3 Å². The number of likely N-dealkylation sites (tertiary alicyclic amines) is 1. The largest absolute Gasteiger partial charge is 0.465 e. The summed E-state index contributed by atoms with van der Waals surface area (Å²) in [5.41, 5.74) is 0. The first-order valence-electron chi connectivity index (χ1n) is 8.19. The van der Waals surface area contributed by atoms with E-state index in [1.54, 1.807) is 4.90 Å². The molecule has 0 spiro atoms. The Labute approximate surface area is 133 Å². The average Bonchev–Trinajstić information content (AvgIpc) is 2.51. The van der Waals surface area contributed by atoms with E-state index in [-0.39, 0.29) is 17.8 Å². The second-order valence-electron chi connectivity index (χ2n) is 5.68. The van der Waals surface area contributed by atoms with E-state index < -0.39 is 0 Å². The molecule has 0 atom stereocenters. The van der Waals surface area contributed by atoms with Gasteiger partial charge < -0.3 is 9.64 Å². The van der Waals surface area contributed by atoms with Crippen molar-refractivity contribution in [3.63, 3.8) is 0 Å². The van der Waals surface area contributed by atoms with Gasteiger partial charge in [-0.3, -0.25) is 9.59 Å². The summed E-state index contributed by atoms with van der Waals surface area (Å²) in [5.74, 6) is 0.321. The standard InChI is InChI=1S/C16H28ClNO3/c1-2-3-4-5-6-13-21-16(20)14-8-11-18(12-9-14)15(19)7-10-17/h14H,2-13H2,1H3. The molecule has 1 heterocycles. The molecule has 0 aliphatic carbocycles. The van der Waals surface area contributed by atoms with Gasteiger partial charge in [-0.05, 0) is 19.3 Å². The number of nitrogens with zero attached hydrogens (tertiary/aromatic N) is 1. The number of piperidine rings is 1. The quantitative estimate of drug-likeness (QED) is 0.372. The van der Waals surface area contributed by atoms with E-state index in [1.807, 2.05) is 0 Å². The van der Waals surface area contributed by atoms with Crippen LogP contribution in [0, 0.1) is 5.92 Å². The van der Waals surface area contributed by atoms with Gasteiger partial charge in [0.15, 0.2) is 0 Å². The Kier molecular flexibility index (Phi) is 9.48. The zero-order valence-electron chi connectivity index (χ0n) is 13.1. The summed E-state index contributed by atoms with van der Waals surface area (Å²) < 4.78 is 5.34. The SMILES string of the molecule is CCCCCCCOC(=O)C1CCN(C(=O)CCCl)CC1. The summed E-state index contributed by atoms with van der Waals surface area (Å²) in [4.78, 5) is 25.4. The van der Waals surface area contributed by atoms with Crippen LogP contribution in [0.5, 0.6) is 0 Å². The normalized spacial score (nSPS) is 16.0. The Morgan fingerprint density at radius 1 is 1.14 bits per heavy atom. The lowest BCUT2D eigenvalue weighted by molar-refractivity contribution is -0.151. The number of rotatable bonds is 9. The highest BCUT2D eigenvalue weighted by Crippen LogP contribution is 2.19. The van der Waals surface area contributed by atoms with Crippen molar-refractivity contribution in [2.75, 3.05) is 25.6 Å². The minimum absolute atomic E-state index is 0.0410. The Balaban J connectivity index is 2.13. The predicted octanol–water partition coefficient (Wildman–Crippen LogP) is 3.37. The molecule has 1 amide bonds. The second kappa shape index (κ2) is 10.9. The van der Waals surface area contributed by atoms with Crippen molar-refractivity contribution in [3.8, 4) is 0 Å². The number of halogens is 1. The zero-order valence-corrected chi connectivity index (χ0v) is 13.9. The van der Waals surface area contributed by atoms with Crippen LogP contribution >= 0.6 is 11.6 Å². The molecule has 1 aliphatic rings. The summed E-state index contributed by atoms with van der Waals surface area (Å²) in [7, 11) is 0. The third-order valence-electron chi connectivity index (χ3n) is 3.98. The highest BCUT2D eigenvalue weighted by atomic mass is 35.5. The molecule has 0 unspecified atom stereocenters. The van der Waals surface area contributed by atoms with E-state index in [4.69, 9.17) is 16.3 Å². The van der Waals surface area contributed by atoms with Gasteiger partial charge in [0.25, 0.3) is 0 Å². The maximum atomic E-state index is 11.9. The van der Waals surface area contributed by atoms with Gasteiger partial charge in [0.1, 0.15) is 0 Å². The third kappa shape index (κ3) is 7.16. The number of unbranched alkanes of at least 4 members (excludes halogenated alkanes) is 4. The Hall–Kier alpha value is -0.770. The molecule has 0 N–H and O–H groups in total. The average molecular weight is 318 g/mol. The maximum absolute atomic E-state index is 11.9. The van der Waals surface area contributed by atoms with Gasteiger partial charge in [-0.25, -0.2) is 0 Å². The summed E-state index contributed by atoms with van der Waals surface area (Å²) in [6.07, 6.45) is 7.59. The number of ether oxygens (including phenoxy) is 1. The molecule has 0 aromatic carbocycles. The van der Waals surface area contributed by atoms with Crippen molar-refractivity contribution >= 4 is 23.5 Å². The lowest BCUT2D eigenvalue weighted by Crippen LogP contribution is -2.40. The highest BCUT2D eigenvalue weighted by molar-refractivity contribution is 6.18. The van der Waals surface area contributed by atoms with Crippen molar-refractivity contribution in [1.82, 2.24) is 4.90 Å². The Bertz CT molecular complexity index is 315. The van der Waals surface area contributed by atoms with E-state index in [0.717, 1.165) is 12.8 Å². The van der Waals surface area contributed by atoms with Crippen LogP contribution in [0.3, 0.4) is 0 Å². The molecule has 0 saturated carbocycles. The number of hydrogen-bond donors (Lipinski definition) is 0. The predicted molar refractivity (Wildman–Crippen MR) is 84.4 cm³/mol. The Morgan fingerprint density at radius 2 is 1.81 bits per heavy atom. The summed E-state index contributed by atoms with van der Waals surface area (Å²) >= 11 is 5.58. The van der Waals surface area contributed by atoms with Crippen LogP contribution < -0.4 is 0 Å². The molecule has 0 aromatic rings. The minimum Gasteiger partial charge on any atom is -0.465 e. The molecule has 4 nitrogen and oxygen atoms in total. The number of carbonyl (C=O) groups excluding carboxylic acids is 2. The molecule has 21 heavy (non-hydrogen) atoms. The molecule has 1 saturated heterocycles. The van der Waals surface area contributed by atoms with Gasteiger partial charge in [-0.15, -0.1) is 11.6 Å². The van der Waals surface area contributed by atoms with Crippen molar-refractivity contribution in [2.24, 2.45) is 5.92 Å². The van der Waals surface area contributed by atoms with E-state index in [9.17, 15) is 9.59 Å². The van der Waals surface area contributed by atoms with E-state index >= 15 is 0 Å². The summed E-state index contributed by atoms with van der Waals surface area (Å²) in [6.45, 7) is 4.01. The first-order valence-corrected chi connectivity index (χ1v) is 8.72. The molecule has 1 aliphatic heterocycles. The van der Waals surface area contributed by atoms with Crippen LogP contribution in [-0.2, 0) is 14.3 Å². The van der Waals surface area contributed by atoms with Gasteiger partial charge in [-0.1, -0.05) is 32.6 Å². The van der Waals surface area contributed by atoms with Crippen LogP contribution in [0.25, 0.3) is 0 Å². The Morgan fingerprint density at radius 3 is 2.43 bits per heavy atom. The van der Waals surface area contributed by atoms with Crippen molar-refractivity contribution in [3.05, 3.63) is 0 Å². The molecule has 0 bridgehead atoms. The smallest absolute Gasteiger partial charge is 0.309 e. The van der Waals surface area contributed by atoms with Crippen LogP contribution in [0.4, 0.5) is 0 Å². The van der Waals surface area contributed by atoms with Gasteiger partial charge in [0.2, 0.25) is 5.91 Å². The fourth-order valence-corrected chi connectivity index (χ4v) is 2.76. The number of amides is 1. The third-order valence-corrected chi connectivity index (χ3v) is 4.17. The van der Waals surface area contributed by atoms with Crippen LogP contribution in [0.2, 0.25) is 0 Å². The fraction of sp³-hybridized carbons (Fsp3) is 0.875. The first-order chi connectivity index (χ1) is 10.2. The minimum atomic E-state index is -0.0880. The molecule has 1 fully saturated rings. The topological polar surface area (TPSA) is 46.6 Å². The van der Waals surface area contributed by atoms with E-state index in [0.29, 0.717) is 44.8 Å². The maximum Gasteiger partial charge on any atom is 0.309 e. The molecule has 122 valence electrons. The molecule has 0 radical (unpaired) electrons. The number of esters is 1.